The molecule has 2 aliphatic heterocycles. The van der Waals surface area contributed by atoms with Gasteiger partial charge in [-0.1, -0.05) is 12.1 Å². The van der Waals surface area contributed by atoms with E-state index in [-0.39, 0.29) is 17.7 Å². The molecule has 8 heteroatoms. The Morgan fingerprint density at radius 3 is 2.69 bits per heavy atom. The van der Waals surface area contributed by atoms with Crippen molar-refractivity contribution in [3.8, 4) is 0 Å². The minimum Gasteiger partial charge on any atom is -0.342 e. The fourth-order valence-electron chi connectivity index (χ4n) is 4.58. The second kappa shape index (κ2) is 8.94. The molecular weight excluding hydrogens is 422 g/mol. The number of hydrogen-bond donors (Lipinski definition) is 0. The lowest BCUT2D eigenvalue weighted by Crippen LogP contribution is -2.29. The summed E-state index contributed by atoms with van der Waals surface area (Å²) in [5, 5.41) is 1.01. The number of benzene rings is 1. The summed E-state index contributed by atoms with van der Waals surface area (Å²) >= 11 is 1.66. The van der Waals surface area contributed by atoms with E-state index in [9.17, 15) is 9.59 Å². The molecule has 0 N–H and O–H groups in total. The Morgan fingerprint density at radius 1 is 1.09 bits per heavy atom. The highest BCUT2D eigenvalue weighted by Gasteiger charge is 2.30. The summed E-state index contributed by atoms with van der Waals surface area (Å²) < 4.78 is 1.16. The Kier molecular flexibility index (Phi) is 5.87. The molecule has 2 fully saturated rings. The molecule has 0 spiro atoms. The smallest absolute Gasteiger partial charge is 0.257 e. The fourth-order valence-corrected chi connectivity index (χ4v) is 5.55. The first-order valence-corrected chi connectivity index (χ1v) is 12.1. The number of thiazole rings is 1. The number of amides is 2. The lowest BCUT2D eigenvalue weighted by molar-refractivity contribution is -0.130. The molecule has 2 saturated heterocycles. The summed E-state index contributed by atoms with van der Waals surface area (Å²) in [5.74, 6) is 1.05. The van der Waals surface area contributed by atoms with Crippen molar-refractivity contribution in [3.63, 3.8) is 0 Å². The lowest BCUT2D eigenvalue weighted by atomic mass is 10.1. The third kappa shape index (κ3) is 4.24. The van der Waals surface area contributed by atoms with Gasteiger partial charge < -0.3 is 9.80 Å². The Bertz CT molecular complexity index is 1120. The van der Waals surface area contributed by atoms with Crippen LogP contribution in [0.4, 0.5) is 0 Å². The zero-order valence-electron chi connectivity index (χ0n) is 18.3. The van der Waals surface area contributed by atoms with E-state index in [0.29, 0.717) is 24.9 Å². The van der Waals surface area contributed by atoms with E-state index >= 15 is 0 Å². The molecule has 166 valence electrons. The monoisotopic (exact) mass is 449 g/mol. The molecule has 2 aliphatic rings. The van der Waals surface area contributed by atoms with Gasteiger partial charge >= 0.3 is 0 Å². The average Bonchev–Trinajstić information content (AvgIpc) is 3.57. The maximum Gasteiger partial charge on any atom is 0.257 e. The highest BCUT2D eigenvalue weighted by atomic mass is 32.1. The van der Waals surface area contributed by atoms with Crippen molar-refractivity contribution in [1.82, 2.24) is 24.8 Å². The van der Waals surface area contributed by atoms with Gasteiger partial charge in [-0.15, -0.1) is 11.3 Å². The number of aryl methyl sites for hydroxylation is 2. The molecule has 1 aromatic carbocycles. The molecule has 2 aromatic heterocycles. The lowest BCUT2D eigenvalue weighted by Gasteiger charge is -2.18. The normalized spacial score (nSPS) is 18.6. The second-order valence-electron chi connectivity index (χ2n) is 8.63. The Balaban J connectivity index is 1.18. The van der Waals surface area contributed by atoms with E-state index < -0.39 is 0 Å². The Hall–Kier alpha value is -2.87. The average molecular weight is 450 g/mol. The predicted octanol–water partition coefficient (Wildman–Crippen LogP) is 3.58. The van der Waals surface area contributed by atoms with E-state index in [1.165, 1.54) is 0 Å². The zero-order chi connectivity index (χ0) is 22.1. The first-order chi connectivity index (χ1) is 15.6. The molecule has 7 nitrogen and oxygen atoms in total. The van der Waals surface area contributed by atoms with Crippen molar-refractivity contribution in [3.05, 3.63) is 52.6 Å². The van der Waals surface area contributed by atoms with E-state index in [4.69, 9.17) is 0 Å². The molecular formula is C24H27N5O2S. The number of hydrogen-bond acceptors (Lipinski definition) is 6. The van der Waals surface area contributed by atoms with Gasteiger partial charge in [-0.2, -0.15) is 0 Å². The van der Waals surface area contributed by atoms with Crippen LogP contribution in [-0.2, 0) is 11.2 Å². The van der Waals surface area contributed by atoms with Crippen molar-refractivity contribution in [1.29, 1.82) is 0 Å². The second-order valence-corrected chi connectivity index (χ2v) is 9.74. The standard InChI is InChI=1S/C24H27N5O2S/c1-16-18(24(31)28-11-4-5-12-28)14-25-23(26-16)17-10-13-29(15-17)22(30)9-8-21-27-19-6-2-3-7-20(19)32-21/h2-3,6-7,14,17H,4-5,8-13,15H2,1H3. The van der Waals surface area contributed by atoms with Crippen molar-refractivity contribution in [2.45, 2.75) is 44.9 Å². The number of para-hydroxylation sites is 1. The van der Waals surface area contributed by atoms with Crippen LogP contribution < -0.4 is 0 Å². The minimum atomic E-state index is 0.0321. The van der Waals surface area contributed by atoms with Crippen LogP contribution in [0.5, 0.6) is 0 Å². The fraction of sp³-hybridized carbons (Fsp3) is 0.458. The third-order valence-electron chi connectivity index (χ3n) is 6.42. The van der Waals surface area contributed by atoms with Crippen LogP contribution in [0, 0.1) is 6.92 Å². The number of carbonyl (C=O) groups is 2. The maximum absolute atomic E-state index is 12.8. The van der Waals surface area contributed by atoms with Gasteiger partial charge in [0.05, 0.1) is 26.5 Å². The van der Waals surface area contributed by atoms with Crippen molar-refractivity contribution in [2.24, 2.45) is 0 Å². The van der Waals surface area contributed by atoms with Gasteiger partial charge in [0.1, 0.15) is 5.82 Å². The Morgan fingerprint density at radius 2 is 1.91 bits per heavy atom. The van der Waals surface area contributed by atoms with Gasteiger partial charge in [-0.25, -0.2) is 15.0 Å². The number of carbonyl (C=O) groups excluding carboxylic acids is 2. The number of nitrogens with zero attached hydrogens (tertiary/aromatic N) is 5. The topological polar surface area (TPSA) is 79.3 Å². The van der Waals surface area contributed by atoms with Crippen molar-refractivity contribution >= 4 is 33.4 Å². The molecule has 1 atom stereocenters. The van der Waals surface area contributed by atoms with E-state index in [1.54, 1.807) is 17.5 Å². The molecule has 1 unspecified atom stereocenters. The number of likely N-dealkylation sites (tertiary alicyclic amines) is 2. The van der Waals surface area contributed by atoms with Crippen LogP contribution in [0.3, 0.4) is 0 Å². The summed E-state index contributed by atoms with van der Waals surface area (Å²) in [7, 11) is 0. The van der Waals surface area contributed by atoms with Gasteiger partial charge in [0.25, 0.3) is 5.91 Å². The molecule has 0 bridgehead atoms. The van der Waals surface area contributed by atoms with Crippen LogP contribution in [0.15, 0.2) is 30.5 Å². The summed E-state index contributed by atoms with van der Waals surface area (Å²) in [4.78, 5) is 43.1. The van der Waals surface area contributed by atoms with Crippen LogP contribution in [0.2, 0.25) is 0 Å². The predicted molar refractivity (Wildman–Crippen MR) is 124 cm³/mol. The van der Waals surface area contributed by atoms with Crippen LogP contribution in [0.25, 0.3) is 10.2 Å². The SMILES string of the molecule is Cc1nc(C2CCN(C(=O)CCc3nc4ccccc4s3)C2)ncc1C(=O)N1CCCC1. The zero-order valence-corrected chi connectivity index (χ0v) is 19.1. The molecule has 0 saturated carbocycles. The minimum absolute atomic E-state index is 0.0321. The van der Waals surface area contributed by atoms with Crippen LogP contribution >= 0.6 is 11.3 Å². The largest absolute Gasteiger partial charge is 0.342 e. The van der Waals surface area contributed by atoms with Crippen LogP contribution in [-0.4, -0.2) is 62.7 Å². The molecule has 0 radical (unpaired) electrons. The molecule has 5 rings (SSSR count). The third-order valence-corrected chi connectivity index (χ3v) is 7.51. The number of aromatic nitrogens is 3. The van der Waals surface area contributed by atoms with Gasteiger partial charge in [0.2, 0.25) is 5.91 Å². The first kappa shape index (κ1) is 21.0. The molecule has 0 aliphatic carbocycles. The van der Waals surface area contributed by atoms with Crippen molar-refractivity contribution in [2.75, 3.05) is 26.2 Å². The highest BCUT2D eigenvalue weighted by Crippen LogP contribution is 2.27. The summed E-state index contributed by atoms with van der Waals surface area (Å²) in [6.07, 6.45) is 5.79. The Labute approximate surface area is 191 Å². The van der Waals surface area contributed by atoms with Crippen LogP contribution in [0.1, 0.15) is 58.5 Å². The van der Waals surface area contributed by atoms with E-state index in [0.717, 1.165) is 65.6 Å². The quantitative estimate of drug-likeness (QED) is 0.595. The number of fused-ring (bicyclic) bond motifs is 1. The molecule has 32 heavy (non-hydrogen) atoms. The van der Waals surface area contributed by atoms with Crippen molar-refractivity contribution < 1.29 is 9.59 Å². The van der Waals surface area contributed by atoms with E-state index in [2.05, 4.69) is 21.0 Å². The van der Waals surface area contributed by atoms with Gasteiger partial charge in [-0.05, 0) is 38.3 Å². The maximum atomic E-state index is 12.8. The van der Waals surface area contributed by atoms with Gasteiger partial charge in [0, 0.05) is 51.1 Å². The first-order valence-electron chi connectivity index (χ1n) is 11.3. The van der Waals surface area contributed by atoms with E-state index in [1.807, 2.05) is 34.9 Å². The molecule has 2 amide bonds. The summed E-state index contributed by atoms with van der Waals surface area (Å²) in [5.41, 5.74) is 2.32. The van der Waals surface area contributed by atoms with Gasteiger partial charge in [0.15, 0.2) is 0 Å². The summed E-state index contributed by atoms with van der Waals surface area (Å²) in [6.45, 7) is 4.87. The molecule has 4 heterocycles. The van der Waals surface area contributed by atoms with Gasteiger partial charge in [-0.3, -0.25) is 9.59 Å². The molecule has 3 aromatic rings. The highest BCUT2D eigenvalue weighted by molar-refractivity contribution is 7.18. The summed E-state index contributed by atoms with van der Waals surface area (Å²) in [6, 6.07) is 8.07. The number of rotatable bonds is 5.